The van der Waals surface area contributed by atoms with E-state index in [2.05, 4.69) is 4.99 Å². The second-order valence-corrected chi connectivity index (χ2v) is 15.5. The van der Waals surface area contributed by atoms with Gasteiger partial charge in [-0.25, -0.2) is 0 Å². The molecule has 0 saturated carbocycles. The van der Waals surface area contributed by atoms with Crippen LogP contribution in [0.4, 0.5) is 0 Å². The highest BCUT2D eigenvalue weighted by atomic mass is 35.5. The second-order valence-electron chi connectivity index (χ2n) is 15.1. The third kappa shape index (κ3) is 10.3. The summed E-state index contributed by atoms with van der Waals surface area (Å²) in [5.41, 5.74) is -3.16. The monoisotopic (exact) mass is 637 g/mol. The maximum atomic E-state index is 13.3. The quantitative estimate of drug-likeness (QED) is 0.202. The number of carbonyl (C=O) groups is 4. The van der Waals surface area contributed by atoms with Gasteiger partial charge < -0.3 is 23.7 Å². The molecule has 1 saturated heterocycles. The van der Waals surface area contributed by atoms with Crippen LogP contribution in [0.5, 0.6) is 0 Å². The topological polar surface area (TPSA) is 127 Å². The third-order valence-electron chi connectivity index (χ3n) is 6.43. The Balaban J connectivity index is 2.73. The summed E-state index contributed by atoms with van der Waals surface area (Å²) in [5.74, 6) is -2.42. The van der Waals surface area contributed by atoms with Crippen molar-refractivity contribution in [3.63, 3.8) is 0 Å². The number of hydrogen-bond acceptors (Lipinski definition) is 10. The molecule has 0 spiro atoms. The molecule has 10 nitrogen and oxygen atoms in total. The average Bonchev–Trinajstić information content (AvgIpc) is 2.87. The highest BCUT2D eigenvalue weighted by Gasteiger charge is 2.54. The first-order valence-electron chi connectivity index (χ1n) is 14.7. The Morgan fingerprint density at radius 1 is 0.705 bits per heavy atom. The minimum Gasteiger partial charge on any atom is -0.462 e. The van der Waals surface area contributed by atoms with Gasteiger partial charge >= 0.3 is 23.9 Å². The fraction of sp³-hybridized carbons (Fsp3) is 0.667. The molecule has 0 amide bonds. The van der Waals surface area contributed by atoms with Gasteiger partial charge in [-0.05, 0) is 89.2 Å². The number of aliphatic imine (C=N–C) groups is 1. The van der Waals surface area contributed by atoms with Crippen LogP contribution in [0.15, 0.2) is 29.3 Å². The maximum Gasteiger partial charge on any atom is 0.311 e. The number of esters is 4. The molecule has 0 radical (unpaired) electrons. The van der Waals surface area contributed by atoms with E-state index in [-0.39, 0.29) is 6.61 Å². The van der Waals surface area contributed by atoms with Gasteiger partial charge in [0.15, 0.2) is 24.5 Å². The number of halogens is 1. The van der Waals surface area contributed by atoms with Gasteiger partial charge in [0.1, 0.15) is 12.7 Å². The predicted octanol–water partition coefficient (Wildman–Crippen LogP) is 5.95. The Kier molecular flexibility index (Phi) is 11.8. The summed E-state index contributed by atoms with van der Waals surface area (Å²) in [6.45, 7) is 19.7. The minimum absolute atomic E-state index is 0.361. The molecule has 0 N–H and O–H groups in total. The molecular formula is C33H48ClNO9. The predicted molar refractivity (Wildman–Crippen MR) is 166 cm³/mol. The van der Waals surface area contributed by atoms with Gasteiger partial charge in [0, 0.05) is 16.8 Å². The highest BCUT2D eigenvalue weighted by molar-refractivity contribution is 6.33. The largest absolute Gasteiger partial charge is 0.462 e. The number of hydrogen-bond donors (Lipinski definition) is 0. The summed E-state index contributed by atoms with van der Waals surface area (Å²) in [7, 11) is 0. The smallest absolute Gasteiger partial charge is 0.311 e. The van der Waals surface area contributed by atoms with Crippen molar-refractivity contribution in [2.45, 2.75) is 114 Å². The van der Waals surface area contributed by atoms with Crippen LogP contribution in [0.3, 0.4) is 0 Å². The van der Waals surface area contributed by atoms with Crippen molar-refractivity contribution in [2.75, 3.05) is 6.61 Å². The molecule has 0 unspecified atom stereocenters. The van der Waals surface area contributed by atoms with Crippen LogP contribution in [0.25, 0.3) is 0 Å². The van der Waals surface area contributed by atoms with E-state index in [0.717, 1.165) is 0 Å². The number of ether oxygens (including phenoxy) is 5. The molecule has 0 aromatic heterocycles. The Bertz CT molecular complexity index is 1230. The van der Waals surface area contributed by atoms with Crippen LogP contribution in [0.2, 0.25) is 5.02 Å². The molecule has 1 aromatic rings. The Hall–Kier alpha value is -2.98. The molecule has 1 aliphatic rings. The van der Waals surface area contributed by atoms with Crippen LogP contribution in [0.1, 0.15) is 88.6 Å². The number of carbonyl (C=O) groups excluding carboxylic acids is 4. The van der Waals surface area contributed by atoms with E-state index >= 15 is 0 Å². The van der Waals surface area contributed by atoms with Crippen molar-refractivity contribution in [3.8, 4) is 0 Å². The molecule has 1 fully saturated rings. The first-order chi connectivity index (χ1) is 19.9. The fourth-order valence-electron chi connectivity index (χ4n) is 3.56. The van der Waals surface area contributed by atoms with Crippen LogP contribution in [-0.2, 0) is 42.9 Å². The lowest BCUT2D eigenvalue weighted by atomic mass is 9.92. The van der Waals surface area contributed by atoms with Crippen LogP contribution < -0.4 is 0 Å². The zero-order valence-electron chi connectivity index (χ0n) is 28.0. The van der Waals surface area contributed by atoms with Crippen molar-refractivity contribution in [3.05, 3.63) is 34.9 Å². The molecule has 2 rings (SSSR count). The van der Waals surface area contributed by atoms with Crippen LogP contribution >= 0.6 is 11.6 Å². The molecule has 246 valence electrons. The van der Waals surface area contributed by atoms with Crippen molar-refractivity contribution in [2.24, 2.45) is 26.7 Å². The SMILES string of the molecule is CC(C)(C)C(=O)OC[C@H]1O[C@@H](/N=C/c2ccccc2Cl)[C@H](OC(=O)C(C)(C)C)[C@@H](OC(=O)C(C)(C)C)[C@H]1OC(=O)C(C)(C)C. The maximum absolute atomic E-state index is 13.3. The zero-order chi connectivity index (χ0) is 33.8. The van der Waals surface area contributed by atoms with Gasteiger partial charge in [0.25, 0.3) is 0 Å². The van der Waals surface area contributed by atoms with Gasteiger partial charge in [0.2, 0.25) is 0 Å². The molecule has 1 aliphatic heterocycles. The second kappa shape index (κ2) is 14.0. The van der Waals surface area contributed by atoms with E-state index in [0.29, 0.717) is 10.6 Å². The van der Waals surface area contributed by atoms with Gasteiger partial charge in [-0.1, -0.05) is 29.8 Å². The Labute approximate surface area is 266 Å². The van der Waals surface area contributed by atoms with Gasteiger partial charge in [0.05, 0.1) is 21.7 Å². The number of benzene rings is 1. The van der Waals surface area contributed by atoms with Crippen LogP contribution in [0, 0.1) is 21.7 Å². The lowest BCUT2D eigenvalue weighted by molar-refractivity contribution is -0.258. The van der Waals surface area contributed by atoms with E-state index < -0.39 is 76.2 Å². The lowest BCUT2D eigenvalue weighted by Gasteiger charge is -2.45. The number of rotatable bonds is 7. The lowest BCUT2D eigenvalue weighted by Crippen LogP contribution is -2.63. The highest BCUT2D eigenvalue weighted by Crippen LogP contribution is 2.34. The minimum atomic E-state index is -1.38. The van der Waals surface area contributed by atoms with Gasteiger partial charge in [-0.2, -0.15) is 0 Å². The summed E-state index contributed by atoms with van der Waals surface area (Å²) in [6.07, 6.45) is -5.02. The van der Waals surface area contributed by atoms with Gasteiger partial charge in [-0.3, -0.25) is 24.2 Å². The van der Waals surface area contributed by atoms with E-state index in [4.69, 9.17) is 35.3 Å². The first kappa shape index (κ1) is 37.2. The zero-order valence-corrected chi connectivity index (χ0v) is 28.7. The average molecular weight is 638 g/mol. The molecular weight excluding hydrogens is 590 g/mol. The Morgan fingerprint density at radius 2 is 1.14 bits per heavy atom. The summed E-state index contributed by atoms with van der Waals surface area (Å²) >= 11 is 6.35. The summed E-state index contributed by atoms with van der Waals surface area (Å²) in [6, 6.07) is 6.96. The Morgan fingerprint density at radius 3 is 1.59 bits per heavy atom. The summed E-state index contributed by atoms with van der Waals surface area (Å²) in [4.78, 5) is 57.2. The summed E-state index contributed by atoms with van der Waals surface area (Å²) in [5, 5.41) is 0.415. The van der Waals surface area contributed by atoms with Crippen molar-refractivity contribution < 1.29 is 42.9 Å². The van der Waals surface area contributed by atoms with E-state index in [1.165, 1.54) is 6.21 Å². The molecule has 1 heterocycles. The van der Waals surface area contributed by atoms with E-state index in [9.17, 15) is 19.2 Å². The van der Waals surface area contributed by atoms with E-state index in [1.807, 2.05) is 0 Å². The van der Waals surface area contributed by atoms with Crippen molar-refractivity contribution in [1.82, 2.24) is 0 Å². The molecule has 5 atom stereocenters. The molecule has 44 heavy (non-hydrogen) atoms. The fourth-order valence-corrected chi connectivity index (χ4v) is 3.74. The molecule has 1 aromatic carbocycles. The van der Waals surface area contributed by atoms with Crippen molar-refractivity contribution in [1.29, 1.82) is 0 Å². The standard InChI is InChI=1S/C33H48ClNO9/c1-30(2,3)26(36)40-18-21-22(42-27(37)31(4,5)6)23(43-28(38)32(7,8)9)24(44-29(39)33(10,11)12)25(41-21)35-17-19-15-13-14-16-20(19)34/h13-17,21-25H,18H2,1-12H3/b35-17+/t21-,22+,23+,24-,25-/m1/s1. The number of nitrogens with zero attached hydrogens (tertiary/aromatic N) is 1. The molecule has 0 aliphatic carbocycles. The van der Waals surface area contributed by atoms with Crippen LogP contribution in [-0.4, -0.2) is 67.3 Å². The third-order valence-corrected chi connectivity index (χ3v) is 6.78. The molecule has 0 bridgehead atoms. The summed E-state index contributed by atoms with van der Waals surface area (Å²) < 4.78 is 29.8. The first-order valence-corrected chi connectivity index (χ1v) is 15.0. The van der Waals surface area contributed by atoms with Crippen molar-refractivity contribution >= 4 is 41.7 Å². The van der Waals surface area contributed by atoms with Gasteiger partial charge in [-0.15, -0.1) is 0 Å². The van der Waals surface area contributed by atoms with E-state index in [1.54, 1.807) is 107 Å². The molecule has 11 heteroatoms. The normalized spacial score (nSPS) is 23.2.